The predicted octanol–water partition coefficient (Wildman–Crippen LogP) is 4.75. The molecule has 1 aromatic rings. The maximum absolute atomic E-state index is 13.1. The zero-order valence-corrected chi connectivity index (χ0v) is 14.1. The summed E-state index contributed by atoms with van der Waals surface area (Å²) in [4.78, 5) is 16.6. The molecule has 1 aliphatic carbocycles. The van der Waals surface area contributed by atoms with Gasteiger partial charge in [-0.1, -0.05) is 25.8 Å². The fourth-order valence-electron chi connectivity index (χ4n) is 4.48. The third kappa shape index (κ3) is 2.70. The van der Waals surface area contributed by atoms with E-state index >= 15 is 0 Å². The normalized spacial score (nSPS) is 33.6. The highest BCUT2D eigenvalue weighted by molar-refractivity contribution is 7.12. The number of fused-ring (bicyclic) bond motifs is 1. The van der Waals surface area contributed by atoms with Crippen LogP contribution in [0.25, 0.3) is 0 Å². The van der Waals surface area contributed by atoms with Crippen LogP contribution in [0.5, 0.6) is 0 Å². The molecule has 0 aromatic carbocycles. The summed E-state index contributed by atoms with van der Waals surface area (Å²) in [5, 5.41) is 2.02. The number of hydrogen-bond acceptors (Lipinski definition) is 3. The van der Waals surface area contributed by atoms with Crippen LogP contribution in [0.2, 0.25) is 0 Å². The minimum absolute atomic E-state index is 0.278. The number of piperidine rings is 1. The van der Waals surface area contributed by atoms with E-state index in [0.717, 1.165) is 30.2 Å². The van der Waals surface area contributed by atoms with Gasteiger partial charge in [0.15, 0.2) is 5.78 Å². The van der Waals surface area contributed by atoms with E-state index in [-0.39, 0.29) is 5.54 Å². The van der Waals surface area contributed by atoms with Crippen LogP contribution in [-0.4, -0.2) is 28.8 Å². The smallest absolute Gasteiger partial charge is 0.192 e. The lowest BCUT2D eigenvalue weighted by molar-refractivity contribution is -0.0260. The number of carbonyl (C=O) groups is 1. The highest BCUT2D eigenvalue weighted by Crippen LogP contribution is 2.43. The van der Waals surface area contributed by atoms with Crippen LogP contribution < -0.4 is 0 Å². The van der Waals surface area contributed by atoms with E-state index in [1.54, 1.807) is 11.3 Å². The minimum atomic E-state index is -0.278. The molecule has 0 radical (unpaired) electrons. The first kappa shape index (κ1) is 15.2. The standard InChI is InChI=1S/C18H27NOS/c1-3-12-19-15-8-5-4-7-14(15)10-11-18(19,2)17(20)16-9-6-13-21-16/h6,9,13-15H,3-5,7-8,10-12H2,1-2H3. The van der Waals surface area contributed by atoms with E-state index < -0.39 is 0 Å². The Kier molecular flexibility index (Phi) is 4.51. The van der Waals surface area contributed by atoms with Crippen molar-refractivity contribution < 1.29 is 4.79 Å². The van der Waals surface area contributed by atoms with Crippen molar-refractivity contribution in [2.24, 2.45) is 5.92 Å². The molecular formula is C18H27NOS. The molecule has 3 unspecified atom stereocenters. The van der Waals surface area contributed by atoms with E-state index in [9.17, 15) is 4.79 Å². The zero-order chi connectivity index (χ0) is 14.9. The number of rotatable bonds is 4. The van der Waals surface area contributed by atoms with Crippen LogP contribution >= 0.6 is 11.3 Å². The number of Topliss-reactive ketones (excluding diaryl/α,β-unsaturated/α-hetero) is 1. The fraction of sp³-hybridized carbons (Fsp3) is 0.722. The topological polar surface area (TPSA) is 20.3 Å². The quantitative estimate of drug-likeness (QED) is 0.748. The summed E-state index contributed by atoms with van der Waals surface area (Å²) in [6.45, 7) is 5.51. The molecule has 3 rings (SSSR count). The maximum Gasteiger partial charge on any atom is 0.192 e. The van der Waals surface area contributed by atoms with Crippen molar-refractivity contribution in [3.63, 3.8) is 0 Å². The zero-order valence-electron chi connectivity index (χ0n) is 13.3. The van der Waals surface area contributed by atoms with Crippen molar-refractivity contribution in [3.8, 4) is 0 Å². The monoisotopic (exact) mass is 305 g/mol. The van der Waals surface area contributed by atoms with Crippen LogP contribution in [0.4, 0.5) is 0 Å². The largest absolute Gasteiger partial charge is 0.291 e. The molecule has 0 spiro atoms. The Hall–Kier alpha value is -0.670. The highest BCUT2D eigenvalue weighted by atomic mass is 32.1. The van der Waals surface area contributed by atoms with Crippen LogP contribution in [-0.2, 0) is 0 Å². The Balaban J connectivity index is 1.89. The summed E-state index contributed by atoms with van der Waals surface area (Å²) in [6.07, 6.45) is 8.79. The number of ketones is 1. The van der Waals surface area contributed by atoms with Gasteiger partial charge in [0.25, 0.3) is 0 Å². The van der Waals surface area contributed by atoms with E-state index in [0.29, 0.717) is 11.8 Å². The lowest BCUT2D eigenvalue weighted by Gasteiger charge is -2.53. The van der Waals surface area contributed by atoms with Crippen molar-refractivity contribution in [1.29, 1.82) is 0 Å². The molecule has 3 heteroatoms. The van der Waals surface area contributed by atoms with Gasteiger partial charge in [-0.05, 0) is 62.9 Å². The Bertz CT molecular complexity index is 483. The molecule has 0 bridgehead atoms. The van der Waals surface area contributed by atoms with E-state index in [2.05, 4.69) is 18.7 Å². The third-order valence-corrected chi connectivity index (χ3v) is 6.47. The Labute approximate surface area is 132 Å². The van der Waals surface area contributed by atoms with Crippen molar-refractivity contribution in [2.75, 3.05) is 6.54 Å². The summed E-state index contributed by atoms with van der Waals surface area (Å²) in [5.41, 5.74) is -0.278. The van der Waals surface area contributed by atoms with Gasteiger partial charge in [-0.2, -0.15) is 0 Å². The molecule has 21 heavy (non-hydrogen) atoms. The summed E-state index contributed by atoms with van der Waals surface area (Å²) in [5.74, 6) is 1.18. The molecule has 2 aliphatic rings. The second-order valence-corrected chi connectivity index (χ2v) is 7.87. The van der Waals surface area contributed by atoms with Gasteiger partial charge >= 0.3 is 0 Å². The number of thiophene rings is 1. The van der Waals surface area contributed by atoms with E-state index in [1.165, 1.54) is 32.1 Å². The second kappa shape index (κ2) is 6.21. The average molecular weight is 305 g/mol. The van der Waals surface area contributed by atoms with Crippen molar-refractivity contribution in [3.05, 3.63) is 22.4 Å². The molecule has 1 saturated heterocycles. The minimum Gasteiger partial charge on any atom is -0.291 e. The van der Waals surface area contributed by atoms with Crippen LogP contribution in [0.15, 0.2) is 17.5 Å². The van der Waals surface area contributed by atoms with Gasteiger partial charge in [0.1, 0.15) is 0 Å². The lowest BCUT2D eigenvalue weighted by atomic mass is 9.70. The SMILES string of the molecule is CCCN1C2CCCCC2CCC1(C)C(=O)c1cccs1. The van der Waals surface area contributed by atoms with Gasteiger partial charge in [0, 0.05) is 6.04 Å². The molecule has 0 N–H and O–H groups in total. The first-order chi connectivity index (χ1) is 10.2. The fourth-order valence-corrected chi connectivity index (χ4v) is 5.27. The first-order valence-electron chi connectivity index (χ1n) is 8.52. The molecule has 2 nitrogen and oxygen atoms in total. The van der Waals surface area contributed by atoms with Crippen LogP contribution in [0.3, 0.4) is 0 Å². The highest BCUT2D eigenvalue weighted by Gasteiger charge is 2.48. The van der Waals surface area contributed by atoms with Gasteiger partial charge in [-0.3, -0.25) is 9.69 Å². The van der Waals surface area contributed by atoms with E-state index in [1.807, 2.05) is 17.5 Å². The van der Waals surface area contributed by atoms with E-state index in [4.69, 9.17) is 0 Å². The van der Waals surface area contributed by atoms with Crippen molar-refractivity contribution >= 4 is 17.1 Å². The number of likely N-dealkylation sites (tertiary alicyclic amines) is 1. The van der Waals surface area contributed by atoms with Crippen molar-refractivity contribution in [1.82, 2.24) is 4.90 Å². The average Bonchev–Trinajstić information content (AvgIpc) is 3.04. The Morgan fingerprint density at radius 2 is 2.19 bits per heavy atom. The van der Waals surface area contributed by atoms with Gasteiger partial charge in [-0.25, -0.2) is 0 Å². The molecule has 0 amide bonds. The number of hydrogen-bond donors (Lipinski definition) is 0. The molecule has 1 saturated carbocycles. The number of carbonyl (C=O) groups excluding carboxylic acids is 1. The Morgan fingerprint density at radius 1 is 1.38 bits per heavy atom. The summed E-state index contributed by atoms with van der Waals surface area (Å²) >= 11 is 1.60. The summed E-state index contributed by atoms with van der Waals surface area (Å²) in [6, 6.07) is 4.63. The second-order valence-electron chi connectivity index (χ2n) is 6.92. The van der Waals surface area contributed by atoms with Gasteiger partial charge in [-0.15, -0.1) is 11.3 Å². The Morgan fingerprint density at radius 3 is 2.90 bits per heavy atom. The number of nitrogens with zero attached hydrogens (tertiary/aromatic N) is 1. The molecule has 1 aromatic heterocycles. The molecule has 2 fully saturated rings. The third-order valence-electron chi connectivity index (χ3n) is 5.60. The molecule has 116 valence electrons. The van der Waals surface area contributed by atoms with Gasteiger partial charge in [0.2, 0.25) is 0 Å². The lowest BCUT2D eigenvalue weighted by Crippen LogP contribution is -2.62. The van der Waals surface area contributed by atoms with Gasteiger partial charge in [0.05, 0.1) is 10.4 Å². The van der Waals surface area contributed by atoms with Crippen LogP contribution in [0.1, 0.15) is 68.5 Å². The molecule has 1 aliphatic heterocycles. The molecule has 3 atom stereocenters. The van der Waals surface area contributed by atoms with Gasteiger partial charge < -0.3 is 0 Å². The molecular weight excluding hydrogens is 278 g/mol. The maximum atomic E-state index is 13.1. The molecule has 2 heterocycles. The van der Waals surface area contributed by atoms with Crippen LogP contribution in [0, 0.1) is 5.92 Å². The summed E-state index contributed by atoms with van der Waals surface area (Å²) < 4.78 is 0. The predicted molar refractivity (Wildman–Crippen MR) is 89.0 cm³/mol. The summed E-state index contributed by atoms with van der Waals surface area (Å²) in [7, 11) is 0. The first-order valence-corrected chi connectivity index (χ1v) is 9.40. The van der Waals surface area contributed by atoms with Crippen molar-refractivity contribution in [2.45, 2.75) is 70.4 Å².